The lowest BCUT2D eigenvalue weighted by molar-refractivity contribution is -0.299. The Morgan fingerprint density at radius 3 is 2.26 bits per heavy atom. The van der Waals surface area contributed by atoms with Gasteiger partial charge in [0.1, 0.15) is 0 Å². The summed E-state index contributed by atoms with van der Waals surface area (Å²) in [5.74, 6) is -2.72. The van der Waals surface area contributed by atoms with Gasteiger partial charge >= 0.3 is 0 Å². The van der Waals surface area contributed by atoms with E-state index < -0.39 is 17.8 Å². The molecule has 0 saturated heterocycles. The van der Waals surface area contributed by atoms with Gasteiger partial charge in [-0.3, -0.25) is 20.4 Å². The Morgan fingerprint density at radius 1 is 1.16 bits per heavy atom. The van der Waals surface area contributed by atoms with Crippen molar-refractivity contribution in [1.82, 2.24) is 10.9 Å². The molecular formula is C12H10BrN2O4-. The zero-order valence-corrected chi connectivity index (χ0v) is 11.5. The Morgan fingerprint density at radius 2 is 1.74 bits per heavy atom. The Hall–Kier alpha value is -2.15. The third kappa shape index (κ3) is 4.92. The smallest absolute Gasteiger partial charge is 0.269 e. The summed E-state index contributed by atoms with van der Waals surface area (Å²) in [7, 11) is 0. The predicted octanol–water partition coefficient (Wildman–Crippen LogP) is -0.0937. The molecule has 0 unspecified atom stereocenters. The summed E-state index contributed by atoms with van der Waals surface area (Å²) < 4.78 is 0.820. The van der Waals surface area contributed by atoms with Crippen LogP contribution >= 0.6 is 15.9 Å². The maximum atomic E-state index is 11.6. The minimum atomic E-state index is -1.45. The summed E-state index contributed by atoms with van der Waals surface area (Å²) >= 11 is 3.23. The van der Waals surface area contributed by atoms with Crippen molar-refractivity contribution in [3.63, 3.8) is 0 Å². The molecule has 19 heavy (non-hydrogen) atoms. The van der Waals surface area contributed by atoms with Crippen molar-refractivity contribution in [2.75, 3.05) is 0 Å². The molecule has 0 fully saturated rings. The molecule has 2 amide bonds. The number of carboxylic acid groups (broad SMARTS) is 1. The number of hydrogen-bond donors (Lipinski definition) is 2. The van der Waals surface area contributed by atoms with E-state index in [0.717, 1.165) is 10.5 Å². The summed E-state index contributed by atoms with van der Waals surface area (Å²) in [6.45, 7) is 1.21. The summed E-state index contributed by atoms with van der Waals surface area (Å²) in [5, 5.41) is 10.4. The largest absolute Gasteiger partial charge is 0.545 e. The number of hydrazine groups is 1. The molecule has 1 rings (SSSR count). The second kappa shape index (κ2) is 6.69. The molecule has 100 valence electrons. The van der Waals surface area contributed by atoms with Crippen LogP contribution in [0.25, 0.3) is 0 Å². The molecule has 0 bridgehead atoms. The van der Waals surface area contributed by atoms with Crippen LogP contribution < -0.4 is 16.0 Å². The van der Waals surface area contributed by atoms with Crippen molar-refractivity contribution < 1.29 is 19.5 Å². The van der Waals surface area contributed by atoms with E-state index >= 15 is 0 Å². The summed E-state index contributed by atoms with van der Waals surface area (Å²) in [6.07, 6.45) is 0.817. The number of aliphatic carboxylic acids is 1. The van der Waals surface area contributed by atoms with Crippen molar-refractivity contribution >= 4 is 33.7 Å². The SMILES string of the molecule is C/C(=C/C(=O)NNC(=O)c1ccc(Br)cc1)C(=O)[O-]. The molecule has 0 heterocycles. The molecule has 6 nitrogen and oxygen atoms in total. The summed E-state index contributed by atoms with van der Waals surface area (Å²) in [4.78, 5) is 33.2. The maximum absolute atomic E-state index is 11.6. The first-order valence-electron chi connectivity index (χ1n) is 5.15. The van der Waals surface area contributed by atoms with E-state index in [0.29, 0.717) is 5.56 Å². The van der Waals surface area contributed by atoms with Crippen molar-refractivity contribution in [2.24, 2.45) is 0 Å². The second-order valence-corrected chi connectivity index (χ2v) is 4.48. The quantitative estimate of drug-likeness (QED) is 0.599. The third-order valence-corrected chi connectivity index (χ3v) is 2.60. The second-order valence-electron chi connectivity index (χ2n) is 3.57. The molecule has 0 aromatic heterocycles. The van der Waals surface area contributed by atoms with Gasteiger partial charge in [-0.15, -0.1) is 0 Å². The van der Waals surface area contributed by atoms with Crippen LogP contribution in [0, 0.1) is 0 Å². The summed E-state index contributed by atoms with van der Waals surface area (Å²) in [5.41, 5.74) is 4.33. The van der Waals surface area contributed by atoms with Gasteiger partial charge < -0.3 is 9.90 Å². The third-order valence-electron chi connectivity index (χ3n) is 2.08. The zero-order chi connectivity index (χ0) is 14.4. The van der Waals surface area contributed by atoms with Crippen molar-refractivity contribution in [1.29, 1.82) is 0 Å². The Labute approximate surface area is 117 Å². The van der Waals surface area contributed by atoms with Gasteiger partial charge in [-0.05, 0) is 36.8 Å². The van der Waals surface area contributed by atoms with Crippen LogP contribution in [0.15, 0.2) is 40.4 Å². The van der Waals surface area contributed by atoms with Crippen LogP contribution in [0.1, 0.15) is 17.3 Å². The Balaban J connectivity index is 2.55. The highest BCUT2D eigenvalue weighted by molar-refractivity contribution is 9.10. The Kier molecular flexibility index (Phi) is 5.25. The van der Waals surface area contributed by atoms with Crippen molar-refractivity contribution in [3.05, 3.63) is 46.0 Å². The number of rotatable bonds is 3. The molecular weight excluding hydrogens is 316 g/mol. The van der Waals surface area contributed by atoms with E-state index in [-0.39, 0.29) is 5.57 Å². The monoisotopic (exact) mass is 325 g/mol. The fourth-order valence-electron chi connectivity index (χ4n) is 1.08. The lowest BCUT2D eigenvalue weighted by Crippen LogP contribution is -2.41. The number of benzene rings is 1. The fourth-order valence-corrected chi connectivity index (χ4v) is 1.35. The molecule has 0 radical (unpaired) electrons. The van der Waals surface area contributed by atoms with Crippen molar-refractivity contribution in [2.45, 2.75) is 6.92 Å². The molecule has 0 atom stereocenters. The molecule has 0 aliphatic heterocycles. The van der Waals surface area contributed by atoms with Gasteiger partial charge in [-0.1, -0.05) is 15.9 Å². The number of carboxylic acids is 1. The molecule has 0 saturated carbocycles. The first kappa shape index (κ1) is 14.9. The minimum absolute atomic E-state index is 0.240. The molecule has 0 aliphatic carbocycles. The Bertz CT molecular complexity index is 537. The van der Waals surface area contributed by atoms with Crippen LogP contribution in [0.3, 0.4) is 0 Å². The van der Waals surface area contributed by atoms with E-state index in [1.165, 1.54) is 6.92 Å². The number of carbonyl (C=O) groups is 3. The van der Waals surface area contributed by atoms with Gasteiger partial charge in [0.05, 0.1) is 5.97 Å². The summed E-state index contributed by atoms with van der Waals surface area (Å²) in [6, 6.07) is 6.48. The van der Waals surface area contributed by atoms with Crippen molar-refractivity contribution in [3.8, 4) is 0 Å². The number of carbonyl (C=O) groups excluding carboxylic acids is 3. The van der Waals surface area contributed by atoms with E-state index in [9.17, 15) is 19.5 Å². The van der Waals surface area contributed by atoms with E-state index in [1.807, 2.05) is 0 Å². The average molecular weight is 326 g/mol. The topological polar surface area (TPSA) is 98.3 Å². The predicted molar refractivity (Wildman–Crippen MR) is 68.5 cm³/mol. The van der Waals surface area contributed by atoms with Gasteiger partial charge in [0.15, 0.2) is 0 Å². The van der Waals surface area contributed by atoms with E-state index in [1.54, 1.807) is 24.3 Å². The normalized spacial score (nSPS) is 10.7. The van der Waals surface area contributed by atoms with Gasteiger partial charge in [0.25, 0.3) is 11.8 Å². The fraction of sp³-hybridized carbons (Fsp3) is 0.0833. The van der Waals surface area contributed by atoms with Crippen LogP contribution in [0.5, 0.6) is 0 Å². The molecule has 1 aromatic carbocycles. The van der Waals surface area contributed by atoms with Crippen LogP contribution in [-0.2, 0) is 9.59 Å². The standard InChI is InChI=1S/C12H11BrN2O4/c1-7(12(18)19)6-10(16)14-15-11(17)8-2-4-9(13)5-3-8/h2-6H,1H3,(H,14,16)(H,15,17)(H,18,19)/p-1/b7-6-. The van der Waals surface area contributed by atoms with Gasteiger partial charge in [0, 0.05) is 16.1 Å². The highest BCUT2D eigenvalue weighted by atomic mass is 79.9. The van der Waals surface area contributed by atoms with Gasteiger partial charge in [-0.25, -0.2) is 0 Å². The highest BCUT2D eigenvalue weighted by Crippen LogP contribution is 2.09. The number of nitrogens with one attached hydrogen (secondary N) is 2. The molecule has 1 aromatic rings. The lowest BCUT2D eigenvalue weighted by Gasteiger charge is -2.06. The van der Waals surface area contributed by atoms with E-state index in [2.05, 4.69) is 26.8 Å². The number of halogens is 1. The van der Waals surface area contributed by atoms with Crippen LogP contribution in [0.2, 0.25) is 0 Å². The molecule has 2 N–H and O–H groups in total. The number of amides is 2. The van der Waals surface area contributed by atoms with Crippen LogP contribution in [0.4, 0.5) is 0 Å². The minimum Gasteiger partial charge on any atom is -0.545 e. The molecule has 7 heteroatoms. The zero-order valence-electron chi connectivity index (χ0n) is 9.90. The lowest BCUT2D eigenvalue weighted by atomic mass is 10.2. The van der Waals surface area contributed by atoms with E-state index in [4.69, 9.17) is 0 Å². The first-order valence-corrected chi connectivity index (χ1v) is 5.95. The highest BCUT2D eigenvalue weighted by Gasteiger charge is 2.06. The van der Waals surface area contributed by atoms with Gasteiger partial charge in [-0.2, -0.15) is 0 Å². The maximum Gasteiger partial charge on any atom is 0.269 e. The van der Waals surface area contributed by atoms with Crippen LogP contribution in [-0.4, -0.2) is 17.8 Å². The first-order chi connectivity index (χ1) is 8.90. The molecule has 0 spiro atoms. The number of hydrogen-bond acceptors (Lipinski definition) is 4. The van der Waals surface area contributed by atoms with Gasteiger partial charge in [0.2, 0.25) is 0 Å². The molecule has 0 aliphatic rings. The average Bonchev–Trinajstić information content (AvgIpc) is 2.36.